The van der Waals surface area contributed by atoms with E-state index in [9.17, 15) is 9.18 Å². The Balaban J connectivity index is 2.28. The molecule has 0 amide bonds. The molecule has 0 aliphatic heterocycles. The van der Waals surface area contributed by atoms with Crippen molar-refractivity contribution in [2.75, 3.05) is 0 Å². The molecule has 2 nitrogen and oxygen atoms in total. The van der Waals surface area contributed by atoms with Crippen molar-refractivity contribution in [3.63, 3.8) is 0 Å². The summed E-state index contributed by atoms with van der Waals surface area (Å²) >= 11 is 0. The van der Waals surface area contributed by atoms with Gasteiger partial charge in [-0.3, -0.25) is 4.79 Å². The highest BCUT2D eigenvalue weighted by atomic mass is 19.1. The molecule has 3 heteroatoms. The lowest BCUT2D eigenvalue weighted by Gasteiger charge is -2.23. The molecule has 3 aromatic carbocycles. The van der Waals surface area contributed by atoms with Crippen LogP contribution < -0.4 is 5.43 Å². The summed E-state index contributed by atoms with van der Waals surface area (Å²) in [5.74, 6) is -0.0859. The quantitative estimate of drug-likeness (QED) is 0.418. The monoisotopic (exact) mass is 371 g/mol. The fraction of sp³-hybridized carbons (Fsp3) is 0.160. The average molecular weight is 371 g/mol. The third kappa shape index (κ3) is 2.93. The van der Waals surface area contributed by atoms with Crippen LogP contribution in [0.4, 0.5) is 4.39 Å². The van der Waals surface area contributed by atoms with Crippen molar-refractivity contribution < 1.29 is 4.39 Å². The van der Waals surface area contributed by atoms with E-state index < -0.39 is 0 Å². The number of hydrogen-bond acceptors (Lipinski definition) is 1. The summed E-state index contributed by atoms with van der Waals surface area (Å²) in [6, 6.07) is 22.2. The van der Waals surface area contributed by atoms with E-state index in [-0.39, 0.29) is 17.2 Å². The number of nitrogens with zero attached hydrogens (tertiary/aromatic N) is 1. The topological polar surface area (TPSA) is 22.0 Å². The molecule has 0 saturated carbocycles. The number of aromatic nitrogens is 1. The zero-order valence-corrected chi connectivity index (χ0v) is 16.2. The average Bonchev–Trinajstić information content (AvgIpc) is 2.70. The van der Waals surface area contributed by atoms with Gasteiger partial charge in [0.05, 0.1) is 11.2 Å². The normalized spacial score (nSPS) is 11.3. The Morgan fingerprint density at radius 1 is 0.893 bits per heavy atom. The number of para-hydroxylation sites is 1. The van der Waals surface area contributed by atoms with Crippen LogP contribution in [0.5, 0.6) is 0 Å². The van der Waals surface area contributed by atoms with Crippen molar-refractivity contribution in [1.29, 1.82) is 0 Å². The highest BCUT2D eigenvalue weighted by Crippen LogP contribution is 2.33. The first-order chi connectivity index (χ1) is 13.5. The molecule has 0 fully saturated rings. The molecule has 0 bridgehead atoms. The molecule has 0 aliphatic carbocycles. The SMILES string of the molecule is Cc1c(-c2ccccc2)n(-c2cccc(F)c2)c2c(C(C)C)cccc2c1=O. The van der Waals surface area contributed by atoms with Gasteiger partial charge in [0.1, 0.15) is 5.82 Å². The van der Waals surface area contributed by atoms with Crippen LogP contribution in [0.25, 0.3) is 27.8 Å². The fourth-order valence-electron chi connectivity index (χ4n) is 3.86. The first kappa shape index (κ1) is 18.2. The largest absolute Gasteiger partial charge is 0.308 e. The van der Waals surface area contributed by atoms with Crippen molar-refractivity contribution in [2.45, 2.75) is 26.7 Å². The lowest BCUT2D eigenvalue weighted by Crippen LogP contribution is -2.17. The zero-order chi connectivity index (χ0) is 19.8. The Hall–Kier alpha value is -3.20. The van der Waals surface area contributed by atoms with Crippen molar-refractivity contribution in [1.82, 2.24) is 4.57 Å². The maximum absolute atomic E-state index is 14.2. The molecule has 0 unspecified atom stereocenters. The number of fused-ring (bicyclic) bond motifs is 1. The van der Waals surface area contributed by atoms with Gasteiger partial charge < -0.3 is 4.57 Å². The second-order valence-corrected chi connectivity index (χ2v) is 7.38. The summed E-state index contributed by atoms with van der Waals surface area (Å²) in [7, 11) is 0. The van der Waals surface area contributed by atoms with Crippen molar-refractivity contribution in [3.05, 3.63) is 100.0 Å². The predicted octanol–water partition coefficient (Wildman–Crippen LogP) is 6.23. The Labute approximate surface area is 163 Å². The van der Waals surface area contributed by atoms with E-state index in [0.717, 1.165) is 22.3 Å². The second-order valence-electron chi connectivity index (χ2n) is 7.38. The van der Waals surface area contributed by atoms with Gasteiger partial charge in [0.15, 0.2) is 5.43 Å². The highest BCUT2D eigenvalue weighted by molar-refractivity contribution is 5.89. The number of pyridine rings is 1. The van der Waals surface area contributed by atoms with Gasteiger partial charge in [0, 0.05) is 16.6 Å². The van der Waals surface area contributed by atoms with Crippen LogP contribution >= 0.6 is 0 Å². The third-order valence-electron chi connectivity index (χ3n) is 5.19. The van der Waals surface area contributed by atoms with Crippen LogP contribution in [0.1, 0.15) is 30.9 Å². The minimum absolute atomic E-state index is 0.0176. The Bertz CT molecular complexity index is 1220. The molecule has 0 aliphatic rings. The van der Waals surface area contributed by atoms with Gasteiger partial charge in [-0.05, 0) is 48.2 Å². The molecule has 0 spiro atoms. The summed E-state index contributed by atoms with van der Waals surface area (Å²) in [6.45, 7) is 6.07. The minimum Gasteiger partial charge on any atom is -0.308 e. The minimum atomic E-state index is -0.303. The lowest BCUT2D eigenvalue weighted by molar-refractivity contribution is 0.627. The van der Waals surface area contributed by atoms with Gasteiger partial charge in [-0.2, -0.15) is 0 Å². The number of benzene rings is 3. The van der Waals surface area contributed by atoms with E-state index in [2.05, 4.69) is 13.8 Å². The molecule has 28 heavy (non-hydrogen) atoms. The molecular weight excluding hydrogens is 349 g/mol. The van der Waals surface area contributed by atoms with E-state index in [0.29, 0.717) is 16.6 Å². The Kier molecular flexibility index (Phi) is 4.60. The summed E-state index contributed by atoms with van der Waals surface area (Å²) in [6.07, 6.45) is 0. The molecule has 1 heterocycles. The van der Waals surface area contributed by atoms with Crippen LogP contribution in [-0.2, 0) is 0 Å². The van der Waals surface area contributed by atoms with Crippen molar-refractivity contribution >= 4 is 10.9 Å². The standard InChI is InChI=1S/C25H22FNO/c1-16(2)21-13-8-14-22-24(21)27(20-12-7-11-19(26)15-20)23(17(3)25(22)28)18-9-5-4-6-10-18/h4-16H,1-3H3. The molecule has 0 N–H and O–H groups in total. The van der Waals surface area contributed by atoms with Crippen LogP contribution in [0.15, 0.2) is 77.6 Å². The van der Waals surface area contributed by atoms with Gasteiger partial charge in [-0.25, -0.2) is 4.39 Å². The first-order valence-electron chi connectivity index (χ1n) is 9.48. The van der Waals surface area contributed by atoms with Crippen LogP contribution in [-0.4, -0.2) is 4.57 Å². The van der Waals surface area contributed by atoms with Gasteiger partial charge in [-0.15, -0.1) is 0 Å². The maximum Gasteiger partial charge on any atom is 0.192 e. The maximum atomic E-state index is 14.2. The van der Waals surface area contributed by atoms with Crippen LogP contribution in [0.3, 0.4) is 0 Å². The number of halogens is 1. The van der Waals surface area contributed by atoms with Crippen LogP contribution in [0, 0.1) is 12.7 Å². The van der Waals surface area contributed by atoms with Gasteiger partial charge in [0.2, 0.25) is 0 Å². The molecule has 4 aromatic rings. The van der Waals surface area contributed by atoms with Gasteiger partial charge in [0.25, 0.3) is 0 Å². The van der Waals surface area contributed by atoms with E-state index in [1.54, 1.807) is 6.07 Å². The summed E-state index contributed by atoms with van der Waals surface area (Å²) in [5, 5.41) is 0.660. The molecule has 140 valence electrons. The van der Waals surface area contributed by atoms with Crippen molar-refractivity contribution in [3.8, 4) is 16.9 Å². The second kappa shape index (κ2) is 7.08. The molecular formula is C25H22FNO. The van der Waals surface area contributed by atoms with Crippen LogP contribution in [0.2, 0.25) is 0 Å². The molecule has 4 rings (SSSR count). The molecule has 0 atom stereocenters. The van der Waals surface area contributed by atoms with E-state index >= 15 is 0 Å². The molecule has 0 radical (unpaired) electrons. The molecule has 1 aromatic heterocycles. The highest BCUT2D eigenvalue weighted by Gasteiger charge is 2.20. The lowest BCUT2D eigenvalue weighted by atomic mass is 9.95. The predicted molar refractivity (Wildman–Crippen MR) is 114 cm³/mol. The van der Waals surface area contributed by atoms with Crippen molar-refractivity contribution in [2.24, 2.45) is 0 Å². The smallest absolute Gasteiger partial charge is 0.192 e. The summed E-state index contributed by atoms with van der Waals surface area (Å²) < 4.78 is 16.2. The van der Waals surface area contributed by atoms with E-state index in [1.807, 2.05) is 66.1 Å². The summed E-state index contributed by atoms with van der Waals surface area (Å²) in [5.41, 5.74) is 5.03. The zero-order valence-electron chi connectivity index (χ0n) is 16.2. The fourth-order valence-corrected chi connectivity index (χ4v) is 3.86. The Morgan fingerprint density at radius 3 is 2.29 bits per heavy atom. The number of hydrogen-bond donors (Lipinski definition) is 0. The van der Waals surface area contributed by atoms with Gasteiger partial charge in [-0.1, -0.05) is 62.4 Å². The summed E-state index contributed by atoms with van der Waals surface area (Å²) in [4.78, 5) is 13.3. The number of rotatable bonds is 3. The third-order valence-corrected chi connectivity index (χ3v) is 5.19. The van der Waals surface area contributed by atoms with E-state index in [1.165, 1.54) is 12.1 Å². The first-order valence-corrected chi connectivity index (χ1v) is 9.48. The van der Waals surface area contributed by atoms with Gasteiger partial charge >= 0.3 is 0 Å². The Morgan fingerprint density at radius 2 is 1.61 bits per heavy atom. The molecule has 0 saturated heterocycles. The van der Waals surface area contributed by atoms with E-state index in [4.69, 9.17) is 0 Å².